The van der Waals surface area contributed by atoms with Crippen molar-refractivity contribution in [2.45, 2.75) is 27.4 Å². The fourth-order valence-corrected chi connectivity index (χ4v) is 3.01. The summed E-state index contributed by atoms with van der Waals surface area (Å²) in [7, 11) is 1.88. The number of hydrogen-bond acceptors (Lipinski definition) is 6. The Hall–Kier alpha value is -1.24. The summed E-state index contributed by atoms with van der Waals surface area (Å²) < 4.78 is 10.8. The van der Waals surface area contributed by atoms with E-state index in [1.165, 1.54) is 10.4 Å². The van der Waals surface area contributed by atoms with Crippen molar-refractivity contribution in [1.82, 2.24) is 9.97 Å². The monoisotopic (exact) mass is 295 g/mol. The smallest absolute Gasteiger partial charge is 0.158 e. The Morgan fingerprint density at radius 2 is 1.90 bits per heavy atom. The van der Waals surface area contributed by atoms with Gasteiger partial charge in [0.1, 0.15) is 17.3 Å². The molecule has 0 aromatic carbocycles. The number of fused-ring (bicyclic) bond motifs is 1. The van der Waals surface area contributed by atoms with Crippen LogP contribution in [0.2, 0.25) is 0 Å². The Morgan fingerprint density at radius 3 is 2.60 bits per heavy atom. The van der Waals surface area contributed by atoms with Crippen LogP contribution in [0.5, 0.6) is 0 Å². The van der Waals surface area contributed by atoms with E-state index in [-0.39, 0.29) is 0 Å². The Kier molecular flexibility index (Phi) is 5.28. The average molecular weight is 295 g/mol. The SMILES string of the molecule is CCOCCOCc1nc(NC)c2c(C)c(C)sc2n1. The Morgan fingerprint density at radius 1 is 1.15 bits per heavy atom. The van der Waals surface area contributed by atoms with Gasteiger partial charge in [0.2, 0.25) is 0 Å². The first-order chi connectivity index (χ1) is 9.67. The molecule has 0 aliphatic rings. The van der Waals surface area contributed by atoms with E-state index < -0.39 is 0 Å². The van der Waals surface area contributed by atoms with Gasteiger partial charge in [-0.15, -0.1) is 11.3 Å². The minimum Gasteiger partial charge on any atom is -0.379 e. The third-order valence-corrected chi connectivity index (χ3v) is 4.22. The summed E-state index contributed by atoms with van der Waals surface area (Å²) in [4.78, 5) is 11.4. The van der Waals surface area contributed by atoms with E-state index >= 15 is 0 Å². The number of nitrogens with one attached hydrogen (secondary N) is 1. The van der Waals surface area contributed by atoms with Gasteiger partial charge < -0.3 is 14.8 Å². The van der Waals surface area contributed by atoms with E-state index in [9.17, 15) is 0 Å². The minimum absolute atomic E-state index is 0.410. The zero-order valence-corrected chi connectivity index (χ0v) is 13.3. The lowest BCUT2D eigenvalue weighted by molar-refractivity contribution is 0.0430. The van der Waals surface area contributed by atoms with Gasteiger partial charge in [0.25, 0.3) is 0 Å². The highest BCUT2D eigenvalue weighted by Gasteiger charge is 2.13. The predicted octanol–water partition coefficient (Wildman–Crippen LogP) is 2.90. The number of hydrogen-bond donors (Lipinski definition) is 1. The van der Waals surface area contributed by atoms with Crippen LogP contribution in [-0.2, 0) is 16.1 Å². The highest BCUT2D eigenvalue weighted by molar-refractivity contribution is 7.18. The second-order valence-electron chi connectivity index (χ2n) is 4.45. The molecule has 0 fully saturated rings. The standard InChI is InChI=1S/C14H21N3O2S/c1-5-18-6-7-19-8-11-16-13(15-4)12-9(2)10(3)20-14(12)17-11/h5-8H2,1-4H3,(H,15,16,17). The van der Waals surface area contributed by atoms with Gasteiger partial charge >= 0.3 is 0 Å². The molecule has 0 amide bonds. The molecule has 2 aromatic heterocycles. The quantitative estimate of drug-likeness (QED) is 0.796. The molecule has 0 aliphatic carbocycles. The van der Waals surface area contributed by atoms with Crippen LogP contribution >= 0.6 is 11.3 Å². The molecule has 0 unspecified atom stereocenters. The third kappa shape index (κ3) is 3.26. The van der Waals surface area contributed by atoms with Gasteiger partial charge in [-0.3, -0.25) is 0 Å². The van der Waals surface area contributed by atoms with Crippen molar-refractivity contribution in [3.8, 4) is 0 Å². The number of thiophene rings is 1. The zero-order valence-electron chi connectivity index (χ0n) is 12.4. The second kappa shape index (κ2) is 6.97. The van der Waals surface area contributed by atoms with Crippen molar-refractivity contribution >= 4 is 27.4 Å². The number of aryl methyl sites for hydroxylation is 2. The average Bonchev–Trinajstić information content (AvgIpc) is 2.73. The molecular formula is C14H21N3O2S. The topological polar surface area (TPSA) is 56.3 Å². The third-order valence-electron chi connectivity index (χ3n) is 3.12. The van der Waals surface area contributed by atoms with Gasteiger partial charge in [-0.25, -0.2) is 9.97 Å². The van der Waals surface area contributed by atoms with Crippen LogP contribution < -0.4 is 5.32 Å². The van der Waals surface area contributed by atoms with Gasteiger partial charge in [-0.2, -0.15) is 0 Å². The second-order valence-corrected chi connectivity index (χ2v) is 5.65. The molecule has 0 aliphatic heterocycles. The van der Waals surface area contributed by atoms with Crippen LogP contribution in [0.25, 0.3) is 10.2 Å². The fraction of sp³-hybridized carbons (Fsp3) is 0.571. The van der Waals surface area contributed by atoms with Gasteiger partial charge in [0, 0.05) is 18.5 Å². The van der Waals surface area contributed by atoms with Crippen molar-refractivity contribution in [2.75, 3.05) is 32.2 Å². The minimum atomic E-state index is 0.410. The van der Waals surface area contributed by atoms with Gasteiger partial charge in [0.15, 0.2) is 5.82 Å². The van der Waals surface area contributed by atoms with Crippen molar-refractivity contribution in [3.05, 3.63) is 16.3 Å². The van der Waals surface area contributed by atoms with Crippen molar-refractivity contribution in [1.29, 1.82) is 0 Å². The Balaban J connectivity index is 2.15. The molecule has 0 saturated heterocycles. The molecule has 6 heteroatoms. The summed E-state index contributed by atoms with van der Waals surface area (Å²) >= 11 is 1.70. The van der Waals surface area contributed by atoms with Crippen LogP contribution in [0.4, 0.5) is 5.82 Å². The molecule has 5 nitrogen and oxygen atoms in total. The van der Waals surface area contributed by atoms with E-state index in [1.54, 1.807) is 11.3 Å². The van der Waals surface area contributed by atoms with Gasteiger partial charge in [-0.05, 0) is 26.3 Å². The maximum Gasteiger partial charge on any atom is 0.158 e. The van der Waals surface area contributed by atoms with E-state index in [0.29, 0.717) is 32.3 Å². The highest BCUT2D eigenvalue weighted by atomic mass is 32.1. The lowest BCUT2D eigenvalue weighted by Crippen LogP contribution is -2.07. The van der Waals surface area contributed by atoms with Crippen LogP contribution in [0.1, 0.15) is 23.2 Å². The van der Waals surface area contributed by atoms with Crippen LogP contribution in [-0.4, -0.2) is 36.8 Å². The lowest BCUT2D eigenvalue weighted by atomic mass is 10.2. The molecule has 0 spiro atoms. The lowest BCUT2D eigenvalue weighted by Gasteiger charge is -2.07. The normalized spacial score (nSPS) is 11.2. The number of rotatable bonds is 7. The number of aromatic nitrogens is 2. The molecule has 0 radical (unpaired) electrons. The van der Waals surface area contributed by atoms with Crippen LogP contribution in [0, 0.1) is 13.8 Å². The molecule has 20 heavy (non-hydrogen) atoms. The first kappa shape index (κ1) is 15.2. The van der Waals surface area contributed by atoms with E-state index in [0.717, 1.165) is 16.0 Å². The first-order valence-corrected chi connectivity index (χ1v) is 7.58. The fourth-order valence-electron chi connectivity index (χ4n) is 1.96. The van der Waals surface area contributed by atoms with Crippen molar-refractivity contribution in [3.63, 3.8) is 0 Å². The summed E-state index contributed by atoms with van der Waals surface area (Å²) in [5.41, 5.74) is 1.25. The molecular weight excluding hydrogens is 274 g/mol. The summed E-state index contributed by atoms with van der Waals surface area (Å²) in [6.07, 6.45) is 0. The Bertz CT molecular complexity index is 583. The number of nitrogens with zero attached hydrogens (tertiary/aromatic N) is 2. The van der Waals surface area contributed by atoms with Crippen molar-refractivity contribution < 1.29 is 9.47 Å². The van der Waals surface area contributed by atoms with Gasteiger partial charge in [0.05, 0.1) is 18.6 Å². The zero-order chi connectivity index (χ0) is 14.5. The van der Waals surface area contributed by atoms with Crippen molar-refractivity contribution in [2.24, 2.45) is 0 Å². The molecule has 0 bridgehead atoms. The maximum absolute atomic E-state index is 5.53. The van der Waals surface area contributed by atoms with E-state index in [4.69, 9.17) is 9.47 Å². The number of ether oxygens (including phenoxy) is 2. The van der Waals surface area contributed by atoms with E-state index in [1.807, 2.05) is 14.0 Å². The molecule has 0 atom stereocenters. The maximum atomic E-state index is 5.53. The molecule has 2 heterocycles. The largest absolute Gasteiger partial charge is 0.379 e. The first-order valence-electron chi connectivity index (χ1n) is 6.77. The molecule has 110 valence electrons. The summed E-state index contributed by atoms with van der Waals surface area (Å²) in [6, 6.07) is 0. The Labute approximate surface area is 123 Å². The summed E-state index contributed by atoms with van der Waals surface area (Å²) in [5, 5.41) is 4.27. The number of anilines is 1. The molecule has 2 aromatic rings. The molecule has 0 saturated carbocycles. The summed E-state index contributed by atoms with van der Waals surface area (Å²) in [6.45, 7) is 8.48. The molecule has 2 rings (SSSR count). The predicted molar refractivity (Wildman–Crippen MR) is 82.6 cm³/mol. The van der Waals surface area contributed by atoms with Crippen LogP contribution in [0.15, 0.2) is 0 Å². The van der Waals surface area contributed by atoms with E-state index in [2.05, 4.69) is 29.1 Å². The molecule has 1 N–H and O–H groups in total. The van der Waals surface area contributed by atoms with Gasteiger partial charge in [-0.1, -0.05) is 0 Å². The van der Waals surface area contributed by atoms with Crippen LogP contribution in [0.3, 0.4) is 0 Å². The highest BCUT2D eigenvalue weighted by Crippen LogP contribution is 2.33. The summed E-state index contributed by atoms with van der Waals surface area (Å²) in [5.74, 6) is 1.58.